The van der Waals surface area contributed by atoms with Crippen LogP contribution in [0.5, 0.6) is 0 Å². The SMILES string of the molecule is CCOC(=O)c1nc(Cl)c(Cl)cc1Cl. The molecule has 0 N–H and O–H groups in total. The number of ether oxygens (including phenoxy) is 1. The molecule has 1 rings (SSSR count). The van der Waals surface area contributed by atoms with E-state index in [9.17, 15) is 4.79 Å². The molecular formula is C8H6Cl3NO2. The van der Waals surface area contributed by atoms with Gasteiger partial charge in [0.05, 0.1) is 16.7 Å². The zero-order valence-corrected chi connectivity index (χ0v) is 9.45. The van der Waals surface area contributed by atoms with Crippen LogP contribution in [-0.2, 0) is 4.74 Å². The lowest BCUT2D eigenvalue weighted by atomic mass is 10.3. The summed E-state index contributed by atoms with van der Waals surface area (Å²) in [5, 5.41) is 0.349. The fraction of sp³-hybridized carbons (Fsp3) is 0.250. The second-order valence-electron chi connectivity index (χ2n) is 2.31. The molecule has 1 aromatic rings. The largest absolute Gasteiger partial charge is 0.461 e. The lowest BCUT2D eigenvalue weighted by molar-refractivity contribution is 0.0520. The highest BCUT2D eigenvalue weighted by Crippen LogP contribution is 2.26. The molecule has 0 radical (unpaired) electrons. The monoisotopic (exact) mass is 253 g/mol. The van der Waals surface area contributed by atoms with E-state index in [1.807, 2.05) is 0 Å². The van der Waals surface area contributed by atoms with Crippen LogP contribution in [0.3, 0.4) is 0 Å². The molecule has 3 nitrogen and oxygen atoms in total. The van der Waals surface area contributed by atoms with Crippen LogP contribution < -0.4 is 0 Å². The Morgan fingerprint density at radius 3 is 2.64 bits per heavy atom. The minimum Gasteiger partial charge on any atom is -0.461 e. The highest BCUT2D eigenvalue weighted by molar-refractivity contribution is 6.42. The summed E-state index contributed by atoms with van der Waals surface area (Å²) in [5.41, 5.74) is -0.0251. The molecular weight excluding hydrogens is 248 g/mol. The van der Waals surface area contributed by atoms with Crippen molar-refractivity contribution in [2.75, 3.05) is 6.61 Å². The Morgan fingerprint density at radius 1 is 1.43 bits per heavy atom. The predicted molar refractivity (Wildman–Crippen MR) is 55.2 cm³/mol. The first kappa shape index (κ1) is 11.6. The molecule has 0 aliphatic rings. The normalized spacial score (nSPS) is 10.0. The fourth-order valence-corrected chi connectivity index (χ4v) is 1.36. The van der Waals surface area contributed by atoms with Crippen LogP contribution >= 0.6 is 34.8 Å². The maximum atomic E-state index is 11.3. The Labute approximate surface area is 95.9 Å². The fourth-order valence-electron chi connectivity index (χ4n) is 0.787. The van der Waals surface area contributed by atoms with E-state index >= 15 is 0 Å². The van der Waals surface area contributed by atoms with Crippen LogP contribution in [-0.4, -0.2) is 17.6 Å². The minimum atomic E-state index is -0.615. The van der Waals surface area contributed by atoms with Gasteiger partial charge in [-0.3, -0.25) is 0 Å². The van der Waals surface area contributed by atoms with Crippen molar-refractivity contribution in [2.24, 2.45) is 0 Å². The van der Waals surface area contributed by atoms with Crippen LogP contribution in [0.15, 0.2) is 6.07 Å². The molecule has 0 saturated carbocycles. The quantitative estimate of drug-likeness (QED) is 0.601. The van der Waals surface area contributed by atoms with Crippen LogP contribution in [0, 0.1) is 0 Å². The van der Waals surface area contributed by atoms with E-state index in [4.69, 9.17) is 39.5 Å². The Bertz CT molecular complexity index is 368. The molecule has 0 aromatic carbocycles. The van der Waals surface area contributed by atoms with Gasteiger partial charge in [-0.25, -0.2) is 9.78 Å². The van der Waals surface area contributed by atoms with Crippen molar-refractivity contribution < 1.29 is 9.53 Å². The molecule has 6 heteroatoms. The predicted octanol–water partition coefficient (Wildman–Crippen LogP) is 3.22. The van der Waals surface area contributed by atoms with Crippen LogP contribution in [0.25, 0.3) is 0 Å². The number of nitrogens with zero attached hydrogens (tertiary/aromatic N) is 1. The molecule has 0 spiro atoms. The van der Waals surface area contributed by atoms with Crippen molar-refractivity contribution in [1.82, 2.24) is 4.98 Å². The minimum absolute atomic E-state index is 0.0251. The molecule has 14 heavy (non-hydrogen) atoms. The zero-order chi connectivity index (χ0) is 10.7. The van der Waals surface area contributed by atoms with Gasteiger partial charge >= 0.3 is 5.97 Å². The smallest absolute Gasteiger partial charge is 0.358 e. The number of carbonyl (C=O) groups is 1. The zero-order valence-electron chi connectivity index (χ0n) is 7.18. The standard InChI is InChI=1S/C8H6Cl3NO2/c1-2-14-8(13)6-4(9)3-5(10)7(11)12-6/h3H,2H2,1H3. The Balaban J connectivity index is 3.09. The summed E-state index contributed by atoms with van der Waals surface area (Å²) in [6, 6.07) is 1.35. The summed E-state index contributed by atoms with van der Waals surface area (Å²) in [5.74, 6) is -0.615. The van der Waals surface area contributed by atoms with Crippen molar-refractivity contribution in [3.05, 3.63) is 27.0 Å². The molecule has 0 aliphatic carbocycles. The van der Waals surface area contributed by atoms with Crippen molar-refractivity contribution >= 4 is 40.8 Å². The van der Waals surface area contributed by atoms with Gasteiger partial charge in [-0.2, -0.15) is 0 Å². The summed E-state index contributed by atoms with van der Waals surface area (Å²) in [6.07, 6.45) is 0. The number of pyridine rings is 1. The first-order valence-corrected chi connectivity index (χ1v) is 4.88. The number of aromatic nitrogens is 1. The van der Waals surface area contributed by atoms with Gasteiger partial charge < -0.3 is 4.74 Å². The summed E-state index contributed by atoms with van der Waals surface area (Å²) < 4.78 is 4.72. The van der Waals surface area contributed by atoms with Gasteiger partial charge in [0.15, 0.2) is 5.69 Å². The Morgan fingerprint density at radius 2 is 2.07 bits per heavy atom. The third-order valence-corrected chi connectivity index (χ3v) is 2.32. The third kappa shape index (κ3) is 2.50. The van der Waals surface area contributed by atoms with Gasteiger partial charge in [0, 0.05) is 0 Å². The number of carbonyl (C=O) groups excluding carboxylic acids is 1. The third-order valence-electron chi connectivity index (χ3n) is 1.36. The van der Waals surface area contributed by atoms with Crippen molar-refractivity contribution in [2.45, 2.75) is 6.92 Å². The van der Waals surface area contributed by atoms with Crippen LogP contribution in [0.1, 0.15) is 17.4 Å². The topological polar surface area (TPSA) is 39.2 Å². The van der Waals surface area contributed by atoms with E-state index in [2.05, 4.69) is 4.98 Å². The van der Waals surface area contributed by atoms with E-state index in [1.165, 1.54) is 6.07 Å². The second-order valence-corrected chi connectivity index (χ2v) is 3.48. The lowest BCUT2D eigenvalue weighted by Gasteiger charge is -2.04. The lowest BCUT2D eigenvalue weighted by Crippen LogP contribution is -2.08. The van der Waals surface area contributed by atoms with Gasteiger partial charge in [-0.15, -0.1) is 0 Å². The molecule has 0 bridgehead atoms. The average Bonchev–Trinajstić information content (AvgIpc) is 2.11. The highest BCUT2D eigenvalue weighted by Gasteiger charge is 2.15. The van der Waals surface area contributed by atoms with Gasteiger partial charge in [0.1, 0.15) is 5.15 Å². The summed E-state index contributed by atoms with van der Waals surface area (Å²) in [7, 11) is 0. The second kappa shape index (κ2) is 4.82. The molecule has 0 atom stereocenters. The van der Waals surface area contributed by atoms with Crippen molar-refractivity contribution in [3.63, 3.8) is 0 Å². The maximum absolute atomic E-state index is 11.3. The molecule has 1 heterocycles. The number of halogens is 3. The molecule has 76 valence electrons. The first-order chi connectivity index (χ1) is 6.56. The highest BCUT2D eigenvalue weighted by atomic mass is 35.5. The van der Waals surface area contributed by atoms with E-state index in [0.29, 0.717) is 0 Å². The summed E-state index contributed by atoms with van der Waals surface area (Å²) >= 11 is 17.0. The number of hydrogen-bond donors (Lipinski definition) is 0. The number of rotatable bonds is 2. The molecule has 0 amide bonds. The Hall–Kier alpha value is -0.510. The van der Waals surface area contributed by atoms with Crippen molar-refractivity contribution in [3.8, 4) is 0 Å². The summed E-state index contributed by atoms with van der Waals surface area (Å²) in [4.78, 5) is 15.0. The van der Waals surface area contributed by atoms with Gasteiger partial charge in [0.25, 0.3) is 0 Å². The van der Waals surface area contributed by atoms with E-state index in [1.54, 1.807) is 6.92 Å². The molecule has 0 saturated heterocycles. The van der Waals surface area contributed by atoms with E-state index in [-0.39, 0.29) is 27.5 Å². The molecule has 0 fully saturated rings. The van der Waals surface area contributed by atoms with Gasteiger partial charge in [-0.05, 0) is 13.0 Å². The van der Waals surface area contributed by atoms with Crippen LogP contribution in [0.2, 0.25) is 15.2 Å². The number of hydrogen-bond acceptors (Lipinski definition) is 3. The van der Waals surface area contributed by atoms with Gasteiger partial charge in [0.2, 0.25) is 0 Å². The maximum Gasteiger partial charge on any atom is 0.358 e. The summed E-state index contributed by atoms with van der Waals surface area (Å²) in [6.45, 7) is 1.93. The van der Waals surface area contributed by atoms with Gasteiger partial charge in [-0.1, -0.05) is 34.8 Å². The molecule has 0 aliphatic heterocycles. The first-order valence-electron chi connectivity index (χ1n) is 3.75. The molecule has 0 unspecified atom stereocenters. The van der Waals surface area contributed by atoms with E-state index in [0.717, 1.165) is 0 Å². The van der Waals surface area contributed by atoms with E-state index < -0.39 is 5.97 Å². The number of esters is 1. The van der Waals surface area contributed by atoms with Crippen molar-refractivity contribution in [1.29, 1.82) is 0 Å². The Kier molecular flexibility index (Phi) is 3.98. The average molecular weight is 254 g/mol. The van der Waals surface area contributed by atoms with Crippen LogP contribution in [0.4, 0.5) is 0 Å². The molecule has 1 aromatic heterocycles.